The number of ether oxygens (including phenoxy) is 2. The van der Waals surface area contributed by atoms with E-state index >= 15 is 0 Å². The molecular weight excluding hydrogens is 473 g/mol. The van der Waals surface area contributed by atoms with Crippen molar-refractivity contribution < 1.29 is 27.4 Å². The maximum Gasteiger partial charge on any atom is 0.416 e. The zero-order valence-electron chi connectivity index (χ0n) is 21.7. The van der Waals surface area contributed by atoms with E-state index in [-0.39, 0.29) is 24.0 Å². The van der Waals surface area contributed by atoms with Crippen LogP contribution in [0, 0.1) is 17.2 Å². The molecule has 0 bridgehead atoms. The van der Waals surface area contributed by atoms with Crippen LogP contribution in [0.4, 0.5) is 18.0 Å². The maximum absolute atomic E-state index is 13.0. The van der Waals surface area contributed by atoms with Crippen molar-refractivity contribution in [3.63, 3.8) is 0 Å². The van der Waals surface area contributed by atoms with E-state index in [0.29, 0.717) is 32.7 Å². The maximum atomic E-state index is 13.0. The Kier molecular flexibility index (Phi) is 8.91. The second-order valence-electron chi connectivity index (χ2n) is 10.7. The quantitative estimate of drug-likeness (QED) is 0.579. The monoisotopic (exact) mass is 510 g/mol. The van der Waals surface area contributed by atoms with Gasteiger partial charge in [-0.1, -0.05) is 12.1 Å². The molecule has 2 fully saturated rings. The molecule has 10 heteroatoms. The van der Waals surface area contributed by atoms with Crippen LogP contribution >= 0.6 is 0 Å². The molecule has 4 atom stereocenters. The second kappa shape index (κ2) is 11.4. The molecule has 36 heavy (non-hydrogen) atoms. The fourth-order valence-electron chi connectivity index (χ4n) is 5.20. The van der Waals surface area contributed by atoms with Gasteiger partial charge in [0.05, 0.1) is 30.2 Å². The van der Waals surface area contributed by atoms with Gasteiger partial charge in [-0.15, -0.1) is 0 Å². The highest BCUT2D eigenvalue weighted by Gasteiger charge is 2.40. The van der Waals surface area contributed by atoms with Gasteiger partial charge in [0.25, 0.3) is 0 Å². The molecule has 7 nitrogen and oxygen atoms in total. The van der Waals surface area contributed by atoms with Crippen LogP contribution in [0.2, 0.25) is 0 Å². The van der Waals surface area contributed by atoms with Gasteiger partial charge in [0.15, 0.2) is 0 Å². The van der Waals surface area contributed by atoms with Crippen LogP contribution in [0.1, 0.15) is 51.3 Å². The van der Waals surface area contributed by atoms with Gasteiger partial charge >= 0.3 is 12.3 Å². The van der Waals surface area contributed by atoms with E-state index in [1.165, 1.54) is 12.1 Å². The van der Waals surface area contributed by atoms with E-state index in [1.807, 2.05) is 20.8 Å². The number of methoxy groups -OCH3 is 1. The lowest BCUT2D eigenvalue weighted by Gasteiger charge is -2.49. The minimum absolute atomic E-state index is 0.0326. The Morgan fingerprint density at radius 2 is 1.81 bits per heavy atom. The van der Waals surface area contributed by atoms with Crippen LogP contribution in [-0.4, -0.2) is 84.9 Å². The number of carbonyl (C=O) groups excluding carboxylic acids is 1. The Hall–Kier alpha value is -2.35. The minimum Gasteiger partial charge on any atom is -0.444 e. The number of hydrogen-bond acceptors (Lipinski definition) is 6. The van der Waals surface area contributed by atoms with Gasteiger partial charge in [0.2, 0.25) is 0 Å². The predicted octanol–water partition coefficient (Wildman–Crippen LogP) is 4.55. The Morgan fingerprint density at radius 3 is 2.33 bits per heavy atom. The summed E-state index contributed by atoms with van der Waals surface area (Å²) in [6.45, 7) is 10.9. The number of rotatable bonds is 5. The van der Waals surface area contributed by atoms with Crippen molar-refractivity contribution in [1.29, 1.82) is 5.26 Å². The molecular formula is C26H37F3N4O3. The lowest BCUT2D eigenvalue weighted by molar-refractivity contribution is -0.137. The van der Waals surface area contributed by atoms with Gasteiger partial charge in [-0.05, 0) is 51.8 Å². The van der Waals surface area contributed by atoms with Crippen molar-refractivity contribution in [3.8, 4) is 6.07 Å². The first-order valence-corrected chi connectivity index (χ1v) is 12.4. The van der Waals surface area contributed by atoms with Crippen molar-refractivity contribution in [2.75, 3.05) is 46.4 Å². The molecule has 200 valence electrons. The summed E-state index contributed by atoms with van der Waals surface area (Å²) in [5.41, 5.74) is -0.473. The number of benzene rings is 1. The summed E-state index contributed by atoms with van der Waals surface area (Å²) < 4.78 is 50.0. The van der Waals surface area contributed by atoms with Crippen molar-refractivity contribution >= 4 is 6.09 Å². The molecule has 2 unspecified atom stereocenters. The summed E-state index contributed by atoms with van der Waals surface area (Å²) >= 11 is 0. The fourth-order valence-corrected chi connectivity index (χ4v) is 5.20. The topological polar surface area (TPSA) is 69.0 Å². The SMILES string of the molecule is COC[C@@H](c1ccc(C(F)(F)F)cc1)N1CCN(C2CCN(C(=O)OC(C)(C)C)CC2C#N)C[C@@H]1C. The summed E-state index contributed by atoms with van der Waals surface area (Å²) in [6.07, 6.45) is -4.08. The summed E-state index contributed by atoms with van der Waals surface area (Å²) in [4.78, 5) is 18.7. The van der Waals surface area contributed by atoms with Crippen LogP contribution in [0.25, 0.3) is 0 Å². The summed E-state index contributed by atoms with van der Waals surface area (Å²) in [5, 5.41) is 9.87. The molecule has 2 aliphatic heterocycles. The molecule has 2 aliphatic rings. The average molecular weight is 511 g/mol. The molecule has 0 radical (unpaired) electrons. The zero-order chi connectivity index (χ0) is 26.7. The highest BCUT2D eigenvalue weighted by Crippen LogP contribution is 2.33. The molecule has 1 amide bonds. The summed E-state index contributed by atoms with van der Waals surface area (Å²) in [7, 11) is 1.59. The molecule has 2 saturated heterocycles. The predicted molar refractivity (Wildman–Crippen MR) is 129 cm³/mol. The average Bonchev–Trinajstić information content (AvgIpc) is 2.81. The van der Waals surface area contributed by atoms with Crippen molar-refractivity contribution in [3.05, 3.63) is 35.4 Å². The fraction of sp³-hybridized carbons (Fsp3) is 0.692. The molecule has 0 N–H and O–H groups in total. The third-order valence-corrected chi connectivity index (χ3v) is 6.92. The van der Waals surface area contributed by atoms with E-state index in [2.05, 4.69) is 22.8 Å². The Morgan fingerprint density at radius 1 is 1.14 bits per heavy atom. The molecule has 3 rings (SSSR count). The molecule has 0 saturated carbocycles. The first kappa shape index (κ1) is 28.2. The molecule has 0 aromatic heterocycles. The second-order valence-corrected chi connectivity index (χ2v) is 10.7. The Bertz CT molecular complexity index is 926. The number of nitriles is 1. The van der Waals surface area contributed by atoms with Gasteiger partial charge in [-0.25, -0.2) is 4.79 Å². The lowest BCUT2D eigenvalue weighted by atomic mass is 9.90. The third kappa shape index (κ3) is 6.90. The molecule has 2 heterocycles. The van der Waals surface area contributed by atoms with Gasteiger partial charge in [-0.2, -0.15) is 18.4 Å². The number of amides is 1. The number of halogens is 3. The van der Waals surface area contributed by atoms with Crippen LogP contribution in [0.5, 0.6) is 0 Å². The third-order valence-electron chi connectivity index (χ3n) is 6.92. The number of alkyl halides is 3. The number of carbonyl (C=O) groups is 1. The van der Waals surface area contributed by atoms with Gasteiger partial charge in [0.1, 0.15) is 5.60 Å². The molecule has 1 aromatic carbocycles. The van der Waals surface area contributed by atoms with E-state index < -0.39 is 23.4 Å². The minimum atomic E-state index is -4.37. The number of likely N-dealkylation sites (tertiary alicyclic amines) is 1. The zero-order valence-corrected chi connectivity index (χ0v) is 21.7. The number of nitrogens with zero attached hydrogens (tertiary/aromatic N) is 4. The number of hydrogen-bond donors (Lipinski definition) is 0. The Labute approximate surface area is 211 Å². The van der Waals surface area contributed by atoms with E-state index in [4.69, 9.17) is 9.47 Å². The van der Waals surface area contributed by atoms with Gasteiger partial charge in [-0.3, -0.25) is 9.80 Å². The van der Waals surface area contributed by atoms with E-state index in [1.54, 1.807) is 12.0 Å². The van der Waals surface area contributed by atoms with Crippen LogP contribution in [0.15, 0.2) is 24.3 Å². The normalized spacial score (nSPS) is 25.3. The van der Waals surface area contributed by atoms with Crippen LogP contribution < -0.4 is 0 Å². The largest absolute Gasteiger partial charge is 0.444 e. The highest BCUT2D eigenvalue weighted by molar-refractivity contribution is 5.68. The number of piperidine rings is 1. The van der Waals surface area contributed by atoms with Crippen LogP contribution in [0.3, 0.4) is 0 Å². The highest BCUT2D eigenvalue weighted by atomic mass is 19.4. The van der Waals surface area contributed by atoms with Crippen molar-refractivity contribution in [2.45, 2.75) is 64.0 Å². The number of piperazine rings is 1. The first-order valence-electron chi connectivity index (χ1n) is 12.4. The standard InChI is InChI=1S/C26H37F3N4O3/c1-18-15-31(22-10-11-32(16-20(22)14-30)24(34)36-25(2,3)4)12-13-33(18)23(17-35-5)19-6-8-21(9-7-19)26(27,28)29/h6-9,18,20,22-23H,10-13,15-17H2,1-5H3/t18-,20?,22?,23-/m0/s1. The summed E-state index contributed by atoms with van der Waals surface area (Å²) in [6, 6.07) is 7.66. The molecule has 0 aliphatic carbocycles. The molecule has 0 spiro atoms. The molecule has 1 aromatic rings. The van der Waals surface area contributed by atoms with Crippen LogP contribution in [-0.2, 0) is 15.7 Å². The van der Waals surface area contributed by atoms with Crippen molar-refractivity contribution in [1.82, 2.24) is 14.7 Å². The first-order chi connectivity index (χ1) is 16.8. The van der Waals surface area contributed by atoms with Crippen molar-refractivity contribution in [2.24, 2.45) is 5.92 Å². The smallest absolute Gasteiger partial charge is 0.416 e. The Balaban J connectivity index is 1.66. The van der Waals surface area contributed by atoms with Gasteiger partial charge in [0, 0.05) is 51.9 Å². The lowest BCUT2D eigenvalue weighted by Crippen LogP contribution is -2.60. The van der Waals surface area contributed by atoms with Gasteiger partial charge < -0.3 is 14.4 Å². The van der Waals surface area contributed by atoms with E-state index in [9.17, 15) is 23.2 Å². The van der Waals surface area contributed by atoms with E-state index in [0.717, 1.165) is 30.8 Å². The summed E-state index contributed by atoms with van der Waals surface area (Å²) in [5.74, 6) is -0.324.